The van der Waals surface area contributed by atoms with Crippen LogP contribution in [0.5, 0.6) is 17.2 Å². The first-order valence-electron chi connectivity index (χ1n) is 14.3. The average Bonchev–Trinajstić information content (AvgIpc) is 3.40. The molecule has 8 heteroatoms. The highest BCUT2D eigenvalue weighted by molar-refractivity contribution is 6.18. The lowest BCUT2D eigenvalue weighted by molar-refractivity contribution is -0.171. The fraction of sp³-hybridized carbons (Fsp3) is 0.545. The van der Waals surface area contributed by atoms with Gasteiger partial charge in [-0.1, -0.05) is 23.8 Å². The van der Waals surface area contributed by atoms with Gasteiger partial charge in [-0.25, -0.2) is 0 Å². The summed E-state index contributed by atoms with van der Waals surface area (Å²) in [7, 11) is 0. The Hall–Kier alpha value is -3.23. The van der Waals surface area contributed by atoms with Crippen molar-refractivity contribution in [1.29, 1.82) is 0 Å². The van der Waals surface area contributed by atoms with Crippen molar-refractivity contribution < 1.29 is 38.8 Å². The molecule has 5 atom stereocenters. The number of rotatable bonds is 6. The predicted octanol–water partition coefficient (Wildman–Crippen LogP) is 4.52. The predicted molar refractivity (Wildman–Crippen MR) is 150 cm³/mol. The van der Waals surface area contributed by atoms with Gasteiger partial charge in [0.1, 0.15) is 35.2 Å². The number of aromatic hydroxyl groups is 1. The topological polar surface area (TPSA) is 119 Å². The Bertz CT molecular complexity index is 1500. The maximum atomic E-state index is 14.5. The van der Waals surface area contributed by atoms with Crippen molar-refractivity contribution in [3.05, 3.63) is 51.6 Å². The fourth-order valence-corrected chi connectivity index (χ4v) is 7.69. The highest BCUT2D eigenvalue weighted by atomic mass is 16.6. The number of hydrogen-bond acceptors (Lipinski definition) is 8. The van der Waals surface area contributed by atoms with Gasteiger partial charge in [-0.05, 0) is 66.9 Å². The van der Waals surface area contributed by atoms with Gasteiger partial charge in [0.15, 0.2) is 22.8 Å². The molecular weight excluding hydrogens is 524 g/mol. The molecule has 3 heterocycles. The first-order valence-corrected chi connectivity index (χ1v) is 14.3. The number of aliphatic hydroxyl groups is 1. The molecule has 4 bridgehead atoms. The summed E-state index contributed by atoms with van der Waals surface area (Å²) < 4.78 is 20.0. The van der Waals surface area contributed by atoms with Crippen LogP contribution in [-0.2, 0) is 27.2 Å². The van der Waals surface area contributed by atoms with Crippen LogP contribution in [0, 0.1) is 11.8 Å². The summed E-state index contributed by atoms with van der Waals surface area (Å²) in [6.07, 6.45) is 6.55. The fourth-order valence-electron chi connectivity index (χ4n) is 7.69. The van der Waals surface area contributed by atoms with Crippen LogP contribution in [0.4, 0.5) is 0 Å². The lowest BCUT2D eigenvalue weighted by Crippen LogP contribution is -2.72. The number of hydrogen-bond donors (Lipinski definition) is 2. The molecule has 1 saturated carbocycles. The highest BCUT2D eigenvalue weighted by Crippen LogP contribution is 2.68. The van der Waals surface area contributed by atoms with E-state index in [1.807, 2.05) is 33.8 Å². The van der Waals surface area contributed by atoms with Gasteiger partial charge in [0.05, 0.1) is 11.2 Å². The van der Waals surface area contributed by atoms with Gasteiger partial charge < -0.3 is 24.4 Å². The summed E-state index contributed by atoms with van der Waals surface area (Å²) in [5.41, 5.74) is -2.05. The Labute approximate surface area is 240 Å². The van der Waals surface area contributed by atoms with E-state index in [4.69, 9.17) is 14.2 Å². The number of Topliss-reactive ketones (excluding diaryl/α,β-unsaturated/α-hetero) is 2. The molecule has 3 aliphatic carbocycles. The normalized spacial score (nSPS) is 32.4. The maximum absolute atomic E-state index is 14.5. The second-order valence-corrected chi connectivity index (χ2v) is 13.6. The standard InChI is InChI=1S/C33H38O8/c1-16(2)8-9-19-25(35)24-26(36)21-12-18-13-22-31(6,7)41-32(29(18)37,11-10-17(3)15-34)33(21,22)40-28(24)20-14-23(30(4,5)38)39-27(19)20/h8,10,12,15,18,22-23,35,38H,9,11,13-14H2,1-7H3/b17-10+/t18-,22?,23?,32+,33-/m0/s1. The molecule has 218 valence electrons. The quantitative estimate of drug-likeness (QED) is 0.295. The first-order chi connectivity index (χ1) is 19.1. The summed E-state index contributed by atoms with van der Waals surface area (Å²) >= 11 is 0. The number of ether oxygens (including phenoxy) is 3. The number of aldehydes is 1. The Morgan fingerprint density at radius 2 is 1.85 bits per heavy atom. The molecule has 1 aromatic rings. The Morgan fingerprint density at radius 3 is 2.49 bits per heavy atom. The molecule has 0 aromatic heterocycles. The zero-order valence-corrected chi connectivity index (χ0v) is 24.7. The molecule has 6 aliphatic rings. The lowest BCUT2D eigenvalue weighted by Gasteiger charge is -2.56. The van der Waals surface area contributed by atoms with Gasteiger partial charge >= 0.3 is 0 Å². The monoisotopic (exact) mass is 562 g/mol. The molecule has 0 amide bonds. The number of phenolic OH excluding ortho intramolecular Hbond substituents is 1. The van der Waals surface area contributed by atoms with E-state index in [1.165, 1.54) is 0 Å². The number of carbonyl (C=O) groups excluding carboxylic acids is 3. The lowest BCUT2D eigenvalue weighted by atomic mass is 9.51. The number of benzene rings is 1. The smallest absolute Gasteiger partial charge is 0.200 e. The van der Waals surface area contributed by atoms with Crippen molar-refractivity contribution >= 4 is 17.9 Å². The Balaban J connectivity index is 1.62. The van der Waals surface area contributed by atoms with Gasteiger partial charge in [0.2, 0.25) is 0 Å². The second kappa shape index (κ2) is 8.65. The van der Waals surface area contributed by atoms with E-state index in [2.05, 4.69) is 0 Å². The number of phenols is 1. The Morgan fingerprint density at radius 1 is 1.15 bits per heavy atom. The molecule has 2 unspecified atom stereocenters. The minimum absolute atomic E-state index is 0.0600. The van der Waals surface area contributed by atoms with E-state index in [-0.39, 0.29) is 47.4 Å². The molecule has 3 aliphatic heterocycles. The minimum Gasteiger partial charge on any atom is -0.507 e. The third kappa shape index (κ3) is 3.56. The molecule has 0 radical (unpaired) electrons. The second-order valence-electron chi connectivity index (χ2n) is 13.6. The number of ketones is 2. The van der Waals surface area contributed by atoms with Crippen LogP contribution in [0.1, 0.15) is 82.8 Å². The summed E-state index contributed by atoms with van der Waals surface area (Å²) in [5, 5.41) is 22.5. The summed E-state index contributed by atoms with van der Waals surface area (Å²) in [4.78, 5) is 40.2. The minimum atomic E-state index is -1.52. The van der Waals surface area contributed by atoms with Crippen LogP contribution in [-0.4, -0.2) is 56.6 Å². The van der Waals surface area contributed by atoms with Crippen molar-refractivity contribution in [1.82, 2.24) is 0 Å². The van der Waals surface area contributed by atoms with Gasteiger partial charge in [0.25, 0.3) is 0 Å². The summed E-state index contributed by atoms with van der Waals surface area (Å²) in [6, 6.07) is 0. The largest absolute Gasteiger partial charge is 0.507 e. The molecule has 1 aromatic carbocycles. The maximum Gasteiger partial charge on any atom is 0.200 e. The molecule has 2 fully saturated rings. The van der Waals surface area contributed by atoms with E-state index < -0.39 is 34.4 Å². The zero-order chi connectivity index (χ0) is 29.9. The van der Waals surface area contributed by atoms with Crippen LogP contribution in [0.3, 0.4) is 0 Å². The van der Waals surface area contributed by atoms with Crippen molar-refractivity contribution in [3.63, 3.8) is 0 Å². The number of fused-ring (bicyclic) bond motifs is 3. The van der Waals surface area contributed by atoms with E-state index in [1.54, 1.807) is 32.9 Å². The third-order valence-electron chi connectivity index (χ3n) is 9.72. The van der Waals surface area contributed by atoms with Crippen LogP contribution < -0.4 is 9.47 Å². The van der Waals surface area contributed by atoms with E-state index in [9.17, 15) is 24.6 Å². The highest BCUT2D eigenvalue weighted by Gasteiger charge is 2.81. The zero-order valence-electron chi connectivity index (χ0n) is 24.7. The molecule has 1 spiro atoms. The van der Waals surface area contributed by atoms with E-state index in [0.717, 1.165) is 11.9 Å². The average molecular weight is 563 g/mol. The van der Waals surface area contributed by atoms with Crippen molar-refractivity contribution in [3.8, 4) is 17.2 Å². The van der Waals surface area contributed by atoms with Crippen molar-refractivity contribution in [2.45, 2.75) is 103 Å². The first kappa shape index (κ1) is 27.9. The molecule has 41 heavy (non-hydrogen) atoms. The number of allylic oxidation sites excluding steroid dienone is 4. The van der Waals surface area contributed by atoms with Crippen LogP contribution in [0.2, 0.25) is 0 Å². The molecule has 1 saturated heterocycles. The van der Waals surface area contributed by atoms with Gasteiger partial charge in [-0.15, -0.1) is 0 Å². The van der Waals surface area contributed by atoms with E-state index >= 15 is 0 Å². The number of carbonyl (C=O) groups is 3. The summed E-state index contributed by atoms with van der Waals surface area (Å²) in [5.74, 6) is -1.05. The Kier molecular flexibility index (Phi) is 5.89. The van der Waals surface area contributed by atoms with Crippen LogP contribution in [0.15, 0.2) is 34.9 Å². The summed E-state index contributed by atoms with van der Waals surface area (Å²) in [6.45, 7) is 12.7. The molecular formula is C33H38O8. The van der Waals surface area contributed by atoms with Crippen LogP contribution >= 0.6 is 0 Å². The molecule has 8 nitrogen and oxygen atoms in total. The van der Waals surface area contributed by atoms with Crippen molar-refractivity contribution in [2.75, 3.05) is 0 Å². The van der Waals surface area contributed by atoms with Crippen molar-refractivity contribution in [2.24, 2.45) is 11.8 Å². The SMILES string of the molecule is CC(C)=CCc1c(O)c2c(c3c1OC(C(C)(C)O)C3)O[C@@]13C(=C[C@H]4CC1C(C)(C)O[C@]3(C/C=C(\C)C=O)C4=O)C2=O. The molecule has 2 N–H and O–H groups in total. The van der Waals surface area contributed by atoms with Gasteiger partial charge in [-0.3, -0.25) is 14.4 Å². The van der Waals surface area contributed by atoms with Gasteiger partial charge in [0, 0.05) is 41.4 Å². The van der Waals surface area contributed by atoms with Crippen LogP contribution in [0.25, 0.3) is 0 Å². The van der Waals surface area contributed by atoms with E-state index in [0.29, 0.717) is 40.9 Å². The van der Waals surface area contributed by atoms with Gasteiger partial charge in [-0.2, -0.15) is 0 Å². The molecule has 7 rings (SSSR count). The third-order valence-corrected chi connectivity index (χ3v) is 9.72.